The van der Waals surface area contributed by atoms with Crippen LogP contribution in [0.4, 0.5) is 14.4 Å². The first kappa shape index (κ1) is 90.2. The maximum absolute atomic E-state index is 14.5. The Balaban J connectivity index is 0.000000237. The van der Waals surface area contributed by atoms with Crippen molar-refractivity contribution in [1.82, 2.24) is 41.0 Å². The number of ether oxygens (including phenoxy) is 7. The highest BCUT2D eigenvalue weighted by Gasteiger charge is 2.63. The van der Waals surface area contributed by atoms with E-state index < -0.39 is 138 Å². The van der Waals surface area contributed by atoms with Gasteiger partial charge in [-0.1, -0.05) is 76.0 Å². The molecule has 4 saturated carbocycles. The molecule has 35 nitrogen and oxygen atoms in total. The number of hydrogen-bond acceptors (Lipinski definition) is 24. The van der Waals surface area contributed by atoms with E-state index in [-0.39, 0.29) is 105 Å². The number of hydrogen-bond donors (Lipinski definition) is 5. The van der Waals surface area contributed by atoms with E-state index >= 15 is 0 Å². The number of Topliss-reactive ketones (excluding diaryl/α,β-unsaturated/α-hetero) is 1. The van der Waals surface area contributed by atoms with E-state index in [1.807, 2.05) is 38.2 Å². The van der Waals surface area contributed by atoms with E-state index in [1.165, 1.54) is 60.4 Å². The zero-order valence-electron chi connectivity index (χ0n) is 65.9. The average molecular weight is 1680 g/mol. The van der Waals surface area contributed by atoms with Crippen molar-refractivity contribution in [2.45, 2.75) is 225 Å². The number of fused-ring (bicyclic) bond motifs is 6. The van der Waals surface area contributed by atoms with Crippen LogP contribution in [0.2, 0.25) is 0 Å². The molecule has 6 amide bonds. The number of benzene rings is 2. The summed E-state index contributed by atoms with van der Waals surface area (Å²) in [4.78, 5) is 160. The standard InChI is InChI=1S/C37H44N6O10S.C36H44N4O11S.C5H9ClO2.CH2N2/c1-51-35(47)37-19-22(37)11-6-4-3-5-7-15-26(41-36(48)53-23-12-8-9-13-23)34(46)43-21-24(17-28(43)33(45)42-37)52-30-18-27(29(44)20-39-38)40-32-25(30)14-10-16-31(32)54(2,49)50;1-49-34(45)36-19-21(36)11-6-4-3-5-7-15-25(38-35(46)51-22-12-8-9-13-22)32(42)40-20-23(17-27(40)31(41)39-36)50-28-18-26(33(43)44)37-30-24(28)14-10-16-29(30)52(2,47)48;1-4(2)3-8-5(6)7;1-3-2/h6,10-11,14,16,18,20,22-24,26,28H,3-5,7-9,12-13,15,17,19,21H2,1-2H3,(H,41,48)(H,42,45);6,10-11,14,16,18,21-23,25,27H,3-5,7-9,12-13,15,17,19-20H2,1-2H3,(H,38,46)(H,39,41)(H,43,44);4H,3H2,1-2H3;1H2/b2*11-6-;;/t22?,24-,26+,28+,37-;21?,23-,25+,27+,36-;;/m11../s1. The second-order valence-corrected chi connectivity index (χ2v) is 34.8. The van der Waals surface area contributed by atoms with Crippen molar-refractivity contribution in [3.05, 3.63) is 95.3 Å². The van der Waals surface area contributed by atoms with Crippen LogP contribution in [0, 0.1) is 17.8 Å². The van der Waals surface area contributed by atoms with Crippen molar-refractivity contribution in [1.29, 1.82) is 0 Å². The van der Waals surface area contributed by atoms with Gasteiger partial charge in [0, 0.05) is 71.7 Å². The number of ketones is 1. The third-order valence-electron chi connectivity index (χ3n) is 21.4. The quantitative estimate of drug-likeness (QED) is 0.00969. The second kappa shape index (κ2) is 40.4. The fraction of sp³-hybridized carbons (Fsp3) is 0.557. The Labute approximate surface area is 681 Å². The largest absolute Gasteiger partial charge is 0.488 e. The lowest BCUT2D eigenvalue weighted by Crippen LogP contribution is -2.56. The van der Waals surface area contributed by atoms with Crippen LogP contribution in [0.3, 0.4) is 0 Å². The molecule has 2 unspecified atom stereocenters. The molecule has 0 spiro atoms. The number of carbonyl (C=O) groups excluding carboxylic acids is 10. The number of amides is 6. The van der Waals surface area contributed by atoms with Gasteiger partial charge in [-0.3, -0.25) is 24.0 Å². The van der Waals surface area contributed by atoms with Crippen LogP contribution in [0.1, 0.15) is 176 Å². The molecule has 117 heavy (non-hydrogen) atoms. The van der Waals surface area contributed by atoms with Crippen molar-refractivity contribution < 1.29 is 117 Å². The number of para-hydroxylation sites is 2. The molecule has 2 saturated heterocycles. The molecule has 8 aliphatic rings. The van der Waals surface area contributed by atoms with Gasteiger partial charge in [-0.15, -0.1) is 0 Å². The predicted molar refractivity (Wildman–Crippen MR) is 420 cm³/mol. The molecule has 0 bridgehead atoms. The normalized spacial score (nSPS) is 25.4. The van der Waals surface area contributed by atoms with Crippen molar-refractivity contribution in [2.24, 2.45) is 17.8 Å². The Kier molecular flexibility index (Phi) is 31.2. The van der Waals surface area contributed by atoms with Crippen LogP contribution in [-0.2, 0) is 72.1 Å². The lowest BCUT2D eigenvalue weighted by Gasteiger charge is -2.29. The molecule has 4 aliphatic carbocycles. The lowest BCUT2D eigenvalue weighted by atomic mass is 10.0. The molecule has 632 valence electrons. The summed E-state index contributed by atoms with van der Waals surface area (Å²) < 4.78 is 89.2. The number of sulfone groups is 2. The number of carboxylic acid groups (broad SMARTS) is 1. The molecular formula is C79H99ClN12O23S2. The third-order valence-corrected chi connectivity index (χ3v) is 23.8. The zero-order chi connectivity index (χ0) is 85.1. The number of methoxy groups -OCH3 is 2. The molecule has 0 radical (unpaired) electrons. The number of nitrogens with zero attached hydrogens (tertiary/aromatic N) is 8. The highest BCUT2D eigenvalue weighted by Crippen LogP contribution is 2.48. The molecule has 5 N–H and O–H groups in total. The first-order chi connectivity index (χ1) is 55.7. The van der Waals surface area contributed by atoms with Gasteiger partial charge in [-0.25, -0.2) is 55.6 Å². The monoisotopic (exact) mass is 1680 g/mol. The average Bonchev–Trinajstić information content (AvgIpc) is 1.59. The van der Waals surface area contributed by atoms with Crippen LogP contribution in [0.25, 0.3) is 32.9 Å². The summed E-state index contributed by atoms with van der Waals surface area (Å²) in [7, 11) is -5.17. The smallest absolute Gasteiger partial charge is 0.408 e. The number of aromatic nitrogens is 2. The van der Waals surface area contributed by atoms with E-state index in [1.54, 1.807) is 12.1 Å². The number of rotatable bonds is 17. The molecule has 6 heterocycles. The van der Waals surface area contributed by atoms with Crippen LogP contribution in [-0.4, -0.2) is 235 Å². The summed E-state index contributed by atoms with van der Waals surface area (Å²) in [5.74, 6) is -5.98. The minimum absolute atomic E-state index is 0.00161. The molecule has 2 aromatic heterocycles. The molecule has 38 heteroatoms. The van der Waals surface area contributed by atoms with E-state index in [4.69, 9.17) is 51.1 Å². The first-order valence-electron chi connectivity index (χ1n) is 38.9. The topological polar surface area (TPSA) is 494 Å². The number of nitrogens with one attached hydrogen (secondary N) is 4. The third kappa shape index (κ3) is 23.3. The van der Waals surface area contributed by atoms with Crippen LogP contribution in [0.5, 0.6) is 11.5 Å². The number of alkyl carbamates (subject to hydrolysis) is 2. The van der Waals surface area contributed by atoms with Crippen molar-refractivity contribution in [3.63, 3.8) is 0 Å². The molecule has 10 atom stereocenters. The highest BCUT2D eigenvalue weighted by atomic mass is 35.5. The molecule has 4 aliphatic heterocycles. The Morgan fingerprint density at radius 2 is 1.03 bits per heavy atom. The maximum Gasteiger partial charge on any atom is 0.408 e. The van der Waals surface area contributed by atoms with Gasteiger partial charge in [-0.05, 0) is 133 Å². The fourth-order valence-corrected chi connectivity index (χ4v) is 17.1. The summed E-state index contributed by atoms with van der Waals surface area (Å²) in [5.41, 5.74) is 11.9. The fourth-order valence-electron chi connectivity index (χ4n) is 15.4. The number of esters is 2. The van der Waals surface area contributed by atoms with Crippen molar-refractivity contribution in [3.8, 4) is 11.5 Å². The summed E-state index contributed by atoms with van der Waals surface area (Å²) in [5, 5.41) is 21.5. The highest BCUT2D eigenvalue weighted by molar-refractivity contribution is 7.91. The number of carbonyl (C=O) groups is 11. The predicted octanol–water partition coefficient (Wildman–Crippen LogP) is 8.30. The van der Waals surface area contributed by atoms with Gasteiger partial charge >= 0.3 is 41.7 Å². The minimum Gasteiger partial charge on any atom is -0.488 e. The van der Waals surface area contributed by atoms with Gasteiger partial charge in [0.15, 0.2) is 25.4 Å². The van der Waals surface area contributed by atoms with E-state index in [0.717, 1.165) is 102 Å². The van der Waals surface area contributed by atoms with Crippen LogP contribution < -0.4 is 30.7 Å². The number of allylic oxidation sites excluding steroid dienone is 2. The Hall–Kier alpha value is -10.7. The van der Waals surface area contributed by atoms with E-state index in [2.05, 4.69) is 52.3 Å². The van der Waals surface area contributed by atoms with Gasteiger partial charge < -0.3 is 80.4 Å². The maximum atomic E-state index is 14.5. The Bertz CT molecular complexity index is 4810. The van der Waals surface area contributed by atoms with Gasteiger partial charge in [0.05, 0.1) is 54.7 Å². The lowest BCUT2D eigenvalue weighted by molar-refractivity contribution is -0.148. The number of pyridine rings is 2. The first-order valence-corrected chi connectivity index (χ1v) is 43.0. The van der Waals surface area contributed by atoms with Crippen molar-refractivity contribution >= 4 is 131 Å². The minimum atomic E-state index is -3.83. The van der Waals surface area contributed by atoms with Gasteiger partial charge in [0.2, 0.25) is 30.3 Å². The summed E-state index contributed by atoms with van der Waals surface area (Å²) in [6.45, 7) is 6.68. The van der Waals surface area contributed by atoms with E-state index in [0.29, 0.717) is 50.8 Å². The Morgan fingerprint density at radius 1 is 0.632 bits per heavy atom. The summed E-state index contributed by atoms with van der Waals surface area (Å²) in [6, 6.07) is 6.81. The number of halogens is 1. The molecule has 2 aromatic carbocycles. The zero-order valence-corrected chi connectivity index (χ0v) is 68.3. The molecule has 4 aromatic rings. The molecular weight excluding hydrogens is 1580 g/mol. The van der Waals surface area contributed by atoms with Gasteiger partial charge in [0.25, 0.3) is 5.78 Å². The molecule has 12 rings (SSSR count). The van der Waals surface area contributed by atoms with E-state index in [9.17, 15) is 74.7 Å². The summed E-state index contributed by atoms with van der Waals surface area (Å²) >= 11 is 4.86. The van der Waals surface area contributed by atoms with Gasteiger partial charge in [-0.2, -0.15) is 9.58 Å². The van der Waals surface area contributed by atoms with Crippen molar-refractivity contribution in [2.75, 3.05) is 46.4 Å². The summed E-state index contributed by atoms with van der Waals surface area (Å²) in [6.07, 6.45) is 20.4. The van der Waals surface area contributed by atoms with Crippen LogP contribution >= 0.6 is 11.6 Å². The second-order valence-electron chi connectivity index (χ2n) is 30.5. The van der Waals surface area contributed by atoms with Crippen LogP contribution in [0.15, 0.2) is 82.6 Å². The SMILES string of the molecule is C=[N+]=[N-].CC(C)COC(=O)Cl.COC(=O)[C@@]12CC1/C=C\CCCCC[C@H](NC(=O)OC1CCCC1)C(=O)N1C[C@H](Oc3cc(C(=O)C=[N+]=[N-])nc4c(S(C)(=O)=O)cccc34)C[C@H]1C(=O)N2.COC(=O)[C@@]12CC1/C=C\CCCCC[C@H](NC(=O)OC1CCCC1)C(=O)N1C[C@H](Oc3cc(C(=O)O)nc4c(S(C)(=O)=O)cccc34)C[C@H]1C(=O)N2. The Morgan fingerprint density at radius 3 is 1.40 bits per heavy atom. The number of carboxylic acids is 1. The number of aromatic carboxylic acids is 1. The molecule has 6 fully saturated rings. The van der Waals surface area contributed by atoms with Gasteiger partial charge in [0.1, 0.15) is 76.9 Å².